The van der Waals surface area contributed by atoms with Crippen molar-refractivity contribution >= 4 is 5.97 Å². The molecule has 3 aliphatic rings. The lowest BCUT2D eigenvalue weighted by molar-refractivity contribution is -0.144. The molecule has 2 aliphatic carbocycles. The van der Waals surface area contributed by atoms with E-state index >= 15 is 0 Å². The van der Waals surface area contributed by atoms with Crippen LogP contribution in [0.4, 0.5) is 0 Å². The van der Waals surface area contributed by atoms with Crippen LogP contribution in [0.1, 0.15) is 46.0 Å². The second-order valence-corrected chi connectivity index (χ2v) is 6.98. The van der Waals surface area contributed by atoms with Crippen molar-refractivity contribution in [2.45, 2.75) is 52.1 Å². The molecule has 114 valence electrons. The van der Waals surface area contributed by atoms with Gasteiger partial charge in [-0.05, 0) is 54.9 Å². The predicted molar refractivity (Wildman–Crippen MR) is 84.6 cm³/mol. The molecule has 3 rings (SSSR count). The highest BCUT2D eigenvalue weighted by Crippen LogP contribution is 2.43. The molecule has 21 heavy (non-hydrogen) atoms. The van der Waals surface area contributed by atoms with Gasteiger partial charge in [-0.2, -0.15) is 0 Å². The van der Waals surface area contributed by atoms with E-state index in [0.29, 0.717) is 11.8 Å². The summed E-state index contributed by atoms with van der Waals surface area (Å²) in [7, 11) is 0. The summed E-state index contributed by atoms with van der Waals surface area (Å²) in [5.41, 5.74) is 1.55. The normalized spacial score (nSPS) is 38.7. The van der Waals surface area contributed by atoms with Gasteiger partial charge in [-0.25, -0.2) is 4.79 Å². The minimum absolute atomic E-state index is 0.0931. The third-order valence-electron chi connectivity index (χ3n) is 5.38. The number of ether oxygens (including phenoxy) is 1. The van der Waals surface area contributed by atoms with E-state index in [4.69, 9.17) is 4.74 Å². The number of fused-ring (bicyclic) bond motifs is 1. The van der Waals surface area contributed by atoms with E-state index in [1.807, 2.05) is 6.08 Å². The number of allylic oxidation sites excluding steroid dienone is 4. The molecule has 0 amide bonds. The molecular weight excluding hydrogens is 260 g/mol. The van der Waals surface area contributed by atoms with Crippen molar-refractivity contribution in [3.63, 3.8) is 0 Å². The van der Waals surface area contributed by atoms with Crippen molar-refractivity contribution in [3.8, 4) is 0 Å². The van der Waals surface area contributed by atoms with Crippen LogP contribution in [0.15, 0.2) is 36.0 Å². The van der Waals surface area contributed by atoms with E-state index in [0.717, 1.165) is 31.1 Å². The Morgan fingerprint density at radius 3 is 2.86 bits per heavy atom. The first-order chi connectivity index (χ1) is 10.1. The molecule has 5 atom stereocenters. The summed E-state index contributed by atoms with van der Waals surface area (Å²) >= 11 is 0. The fourth-order valence-electron chi connectivity index (χ4n) is 4.14. The van der Waals surface area contributed by atoms with Gasteiger partial charge in [0, 0.05) is 12.5 Å². The molecule has 1 aliphatic heterocycles. The molecule has 0 spiro atoms. The molecule has 0 saturated heterocycles. The Labute approximate surface area is 127 Å². The summed E-state index contributed by atoms with van der Waals surface area (Å²) in [6, 6.07) is 0. The van der Waals surface area contributed by atoms with Crippen molar-refractivity contribution in [2.75, 3.05) is 0 Å². The van der Waals surface area contributed by atoms with Crippen LogP contribution in [0.3, 0.4) is 0 Å². The van der Waals surface area contributed by atoms with Gasteiger partial charge in [0.05, 0.1) is 0 Å². The van der Waals surface area contributed by atoms with Crippen molar-refractivity contribution in [3.05, 3.63) is 36.0 Å². The van der Waals surface area contributed by atoms with Gasteiger partial charge in [-0.1, -0.05) is 38.2 Å². The number of hydrogen-bond donors (Lipinski definition) is 0. The molecule has 2 nitrogen and oxygen atoms in total. The molecule has 1 heterocycles. The summed E-state index contributed by atoms with van der Waals surface area (Å²) in [6.07, 6.45) is 16.5. The molecule has 0 aromatic carbocycles. The molecule has 5 unspecified atom stereocenters. The zero-order chi connectivity index (χ0) is 14.8. The number of hydrogen-bond acceptors (Lipinski definition) is 2. The van der Waals surface area contributed by atoms with Crippen molar-refractivity contribution in [2.24, 2.45) is 23.7 Å². The Morgan fingerprint density at radius 2 is 2.05 bits per heavy atom. The van der Waals surface area contributed by atoms with E-state index in [1.165, 1.54) is 12.8 Å². The van der Waals surface area contributed by atoms with Crippen LogP contribution in [-0.2, 0) is 9.53 Å². The Bertz CT molecular complexity index is 486. The number of carbonyl (C=O) groups excluding carboxylic acids is 1. The summed E-state index contributed by atoms with van der Waals surface area (Å²) in [5.74, 6) is 2.61. The average Bonchev–Trinajstić information content (AvgIpc) is 2.46. The molecule has 0 saturated carbocycles. The quantitative estimate of drug-likeness (QED) is 0.717. The van der Waals surface area contributed by atoms with Crippen LogP contribution in [0.2, 0.25) is 0 Å². The van der Waals surface area contributed by atoms with Crippen LogP contribution in [0.25, 0.3) is 0 Å². The minimum Gasteiger partial charge on any atom is -0.459 e. The third-order valence-corrected chi connectivity index (χ3v) is 5.38. The molecule has 0 bridgehead atoms. The summed E-state index contributed by atoms with van der Waals surface area (Å²) < 4.78 is 5.41. The number of esters is 1. The Morgan fingerprint density at radius 1 is 1.19 bits per heavy atom. The molecule has 0 fully saturated rings. The molecule has 0 N–H and O–H groups in total. The second kappa shape index (κ2) is 6.21. The smallest absolute Gasteiger partial charge is 0.330 e. The molecule has 0 radical (unpaired) electrons. The van der Waals surface area contributed by atoms with Crippen LogP contribution in [-0.4, -0.2) is 12.1 Å². The summed E-state index contributed by atoms with van der Waals surface area (Å²) in [5, 5.41) is 0. The van der Waals surface area contributed by atoms with Gasteiger partial charge in [-0.3, -0.25) is 0 Å². The summed E-state index contributed by atoms with van der Waals surface area (Å²) in [6.45, 7) is 4.65. The summed E-state index contributed by atoms with van der Waals surface area (Å²) in [4.78, 5) is 11.3. The van der Waals surface area contributed by atoms with Crippen molar-refractivity contribution in [1.82, 2.24) is 0 Å². The fourth-order valence-corrected chi connectivity index (χ4v) is 4.14. The van der Waals surface area contributed by atoms with E-state index < -0.39 is 0 Å². The number of carbonyl (C=O) groups is 1. The minimum atomic E-state index is -0.171. The van der Waals surface area contributed by atoms with E-state index in [1.54, 1.807) is 11.6 Å². The van der Waals surface area contributed by atoms with Crippen LogP contribution < -0.4 is 0 Å². The maximum atomic E-state index is 11.3. The molecular formula is C19H26O2. The zero-order valence-corrected chi connectivity index (χ0v) is 13.1. The van der Waals surface area contributed by atoms with E-state index in [-0.39, 0.29) is 12.1 Å². The van der Waals surface area contributed by atoms with E-state index in [2.05, 4.69) is 32.1 Å². The molecule has 0 aromatic heterocycles. The Hall–Kier alpha value is -1.31. The predicted octanol–water partition coefficient (Wildman–Crippen LogP) is 4.43. The van der Waals surface area contributed by atoms with Gasteiger partial charge in [0.1, 0.15) is 6.10 Å². The first kappa shape index (κ1) is 14.6. The fraction of sp³-hybridized carbons (Fsp3) is 0.632. The molecule has 2 heteroatoms. The van der Waals surface area contributed by atoms with Gasteiger partial charge in [-0.15, -0.1) is 0 Å². The van der Waals surface area contributed by atoms with Crippen molar-refractivity contribution < 1.29 is 9.53 Å². The third kappa shape index (κ3) is 3.30. The maximum Gasteiger partial charge on any atom is 0.330 e. The Kier molecular flexibility index (Phi) is 4.32. The highest BCUT2D eigenvalue weighted by molar-refractivity contribution is 5.82. The standard InChI is InChI=1S/C19H26O2/c1-13-6-10-18-15(12-13)8-7-14(2)17(18)11-9-16-4-3-5-19(20)21-16/h3,5,7-8,12-14,16-18H,4,6,9-11H2,1-2H3. The number of rotatable bonds is 3. The largest absolute Gasteiger partial charge is 0.459 e. The van der Waals surface area contributed by atoms with Crippen molar-refractivity contribution in [1.29, 1.82) is 0 Å². The monoisotopic (exact) mass is 286 g/mol. The highest BCUT2D eigenvalue weighted by atomic mass is 16.5. The van der Waals surface area contributed by atoms with Crippen LogP contribution >= 0.6 is 0 Å². The average molecular weight is 286 g/mol. The zero-order valence-electron chi connectivity index (χ0n) is 13.1. The lowest BCUT2D eigenvalue weighted by atomic mass is 9.66. The van der Waals surface area contributed by atoms with Crippen LogP contribution in [0.5, 0.6) is 0 Å². The highest BCUT2D eigenvalue weighted by Gasteiger charge is 2.33. The second-order valence-electron chi connectivity index (χ2n) is 6.98. The van der Waals surface area contributed by atoms with Gasteiger partial charge in [0.15, 0.2) is 0 Å². The maximum absolute atomic E-state index is 11.3. The van der Waals surface area contributed by atoms with Gasteiger partial charge >= 0.3 is 5.97 Å². The Balaban J connectivity index is 1.64. The number of cyclic esters (lactones) is 1. The first-order valence-corrected chi connectivity index (χ1v) is 8.40. The van der Waals surface area contributed by atoms with Crippen LogP contribution in [0, 0.1) is 23.7 Å². The van der Waals surface area contributed by atoms with Gasteiger partial charge < -0.3 is 4.74 Å². The molecule has 0 aromatic rings. The topological polar surface area (TPSA) is 26.3 Å². The van der Waals surface area contributed by atoms with Gasteiger partial charge in [0.2, 0.25) is 0 Å². The SMILES string of the molecule is CC1C=C2C=CC(C)C(CCC3CC=CC(=O)O3)C2CC1. The van der Waals surface area contributed by atoms with E-state index in [9.17, 15) is 4.79 Å². The first-order valence-electron chi connectivity index (χ1n) is 8.40. The lowest BCUT2D eigenvalue weighted by Gasteiger charge is -2.39. The van der Waals surface area contributed by atoms with Gasteiger partial charge in [0.25, 0.3) is 0 Å². The lowest BCUT2D eigenvalue weighted by Crippen LogP contribution is -2.30.